The standard InChI is InChI=1S/C24H18N2O/c25-19-7-1-15(2-8-19)17-5-11-23-21(13-17)22-14-18(6-12-24(22)27-23)16-3-9-20(26)10-4-16/h1-14H,25-26H2. The quantitative estimate of drug-likeness (QED) is 0.379. The molecule has 0 bridgehead atoms. The maximum Gasteiger partial charge on any atom is 0.135 e. The highest BCUT2D eigenvalue weighted by Crippen LogP contribution is 2.35. The van der Waals surface area contributed by atoms with E-state index in [-0.39, 0.29) is 0 Å². The van der Waals surface area contributed by atoms with Crippen molar-refractivity contribution in [1.82, 2.24) is 0 Å². The summed E-state index contributed by atoms with van der Waals surface area (Å²) >= 11 is 0. The Bertz CT molecular complexity index is 1170. The Balaban J connectivity index is 1.68. The van der Waals surface area contributed by atoms with Gasteiger partial charge in [0.15, 0.2) is 0 Å². The van der Waals surface area contributed by atoms with E-state index in [4.69, 9.17) is 15.9 Å². The van der Waals surface area contributed by atoms with Crippen LogP contribution in [-0.2, 0) is 0 Å². The Hall–Kier alpha value is -3.72. The minimum atomic E-state index is 0.765. The largest absolute Gasteiger partial charge is 0.456 e. The van der Waals surface area contributed by atoms with Crippen molar-refractivity contribution in [3.8, 4) is 22.3 Å². The van der Waals surface area contributed by atoms with Crippen molar-refractivity contribution in [2.24, 2.45) is 0 Å². The van der Waals surface area contributed by atoms with E-state index in [0.29, 0.717) is 0 Å². The molecule has 3 nitrogen and oxygen atoms in total. The fraction of sp³-hybridized carbons (Fsp3) is 0. The first-order chi connectivity index (χ1) is 13.2. The molecule has 0 fully saturated rings. The van der Waals surface area contributed by atoms with Crippen LogP contribution in [0.15, 0.2) is 89.3 Å². The third kappa shape index (κ3) is 2.70. The van der Waals surface area contributed by atoms with Crippen molar-refractivity contribution in [2.75, 3.05) is 11.5 Å². The molecule has 0 aliphatic carbocycles. The molecule has 5 aromatic rings. The molecule has 130 valence electrons. The topological polar surface area (TPSA) is 65.2 Å². The number of fused-ring (bicyclic) bond motifs is 3. The predicted molar refractivity (Wildman–Crippen MR) is 113 cm³/mol. The molecule has 0 aliphatic rings. The van der Waals surface area contributed by atoms with Gasteiger partial charge in [-0.3, -0.25) is 0 Å². The summed E-state index contributed by atoms with van der Waals surface area (Å²) in [6.45, 7) is 0. The zero-order valence-electron chi connectivity index (χ0n) is 14.6. The number of rotatable bonds is 2. The molecule has 4 aromatic carbocycles. The van der Waals surface area contributed by atoms with Crippen LogP contribution in [0, 0.1) is 0 Å². The number of hydrogen-bond donors (Lipinski definition) is 2. The Morgan fingerprint density at radius 1 is 0.444 bits per heavy atom. The number of anilines is 2. The lowest BCUT2D eigenvalue weighted by Gasteiger charge is -2.04. The Kier molecular flexibility index (Phi) is 3.41. The SMILES string of the molecule is Nc1ccc(-c2ccc3oc4ccc(-c5ccc(N)cc5)cc4c3c2)cc1. The Morgan fingerprint density at radius 2 is 0.815 bits per heavy atom. The van der Waals surface area contributed by atoms with Gasteiger partial charge in [0.1, 0.15) is 11.2 Å². The van der Waals surface area contributed by atoms with Crippen molar-refractivity contribution in [3.63, 3.8) is 0 Å². The third-order valence-electron chi connectivity index (χ3n) is 4.96. The van der Waals surface area contributed by atoms with Gasteiger partial charge in [0.25, 0.3) is 0 Å². The van der Waals surface area contributed by atoms with Crippen LogP contribution < -0.4 is 11.5 Å². The van der Waals surface area contributed by atoms with E-state index in [0.717, 1.165) is 55.6 Å². The molecule has 4 N–H and O–H groups in total. The lowest BCUT2D eigenvalue weighted by atomic mass is 10.00. The van der Waals surface area contributed by atoms with Gasteiger partial charge in [-0.15, -0.1) is 0 Å². The van der Waals surface area contributed by atoms with Gasteiger partial charge in [0.2, 0.25) is 0 Å². The molecule has 27 heavy (non-hydrogen) atoms. The van der Waals surface area contributed by atoms with Gasteiger partial charge in [-0.1, -0.05) is 36.4 Å². The summed E-state index contributed by atoms with van der Waals surface area (Å²) in [4.78, 5) is 0. The smallest absolute Gasteiger partial charge is 0.135 e. The van der Waals surface area contributed by atoms with Gasteiger partial charge in [-0.05, 0) is 70.8 Å². The van der Waals surface area contributed by atoms with E-state index in [9.17, 15) is 0 Å². The van der Waals surface area contributed by atoms with E-state index < -0.39 is 0 Å². The second kappa shape index (κ2) is 5.92. The zero-order chi connectivity index (χ0) is 18.4. The molecule has 0 saturated carbocycles. The average molecular weight is 350 g/mol. The van der Waals surface area contributed by atoms with Crippen molar-refractivity contribution < 1.29 is 4.42 Å². The highest BCUT2D eigenvalue weighted by Gasteiger charge is 2.10. The molecule has 0 atom stereocenters. The normalized spacial score (nSPS) is 11.3. The van der Waals surface area contributed by atoms with E-state index in [1.165, 1.54) is 0 Å². The number of nitrogens with two attached hydrogens (primary N) is 2. The first-order valence-corrected chi connectivity index (χ1v) is 8.85. The molecule has 0 spiro atoms. The summed E-state index contributed by atoms with van der Waals surface area (Å²) in [6, 6.07) is 28.4. The van der Waals surface area contributed by atoms with Crippen molar-refractivity contribution in [1.29, 1.82) is 0 Å². The van der Waals surface area contributed by atoms with E-state index in [1.54, 1.807) is 0 Å². The summed E-state index contributed by atoms with van der Waals surface area (Å²) in [5, 5.41) is 2.22. The van der Waals surface area contributed by atoms with Crippen LogP contribution in [0.3, 0.4) is 0 Å². The maximum atomic E-state index is 6.03. The highest BCUT2D eigenvalue weighted by molar-refractivity contribution is 6.07. The lowest BCUT2D eigenvalue weighted by molar-refractivity contribution is 0.669. The van der Waals surface area contributed by atoms with Crippen LogP contribution in [0.4, 0.5) is 11.4 Å². The van der Waals surface area contributed by atoms with E-state index >= 15 is 0 Å². The monoisotopic (exact) mass is 350 g/mol. The molecule has 5 rings (SSSR count). The van der Waals surface area contributed by atoms with Crippen LogP contribution >= 0.6 is 0 Å². The van der Waals surface area contributed by atoms with Crippen molar-refractivity contribution >= 4 is 33.3 Å². The molecule has 0 unspecified atom stereocenters. The number of nitrogen functional groups attached to an aromatic ring is 2. The molecular formula is C24H18N2O. The summed E-state index contributed by atoms with van der Waals surface area (Å²) < 4.78 is 6.03. The Labute approximate surface area is 156 Å². The molecule has 3 heteroatoms. The summed E-state index contributed by atoms with van der Waals surface area (Å²) in [5.74, 6) is 0. The van der Waals surface area contributed by atoms with E-state index in [1.807, 2.05) is 60.7 Å². The number of benzene rings is 4. The van der Waals surface area contributed by atoms with Gasteiger partial charge in [0, 0.05) is 22.1 Å². The molecule has 0 saturated heterocycles. The van der Waals surface area contributed by atoms with Crippen LogP contribution in [0.2, 0.25) is 0 Å². The van der Waals surface area contributed by atoms with E-state index in [2.05, 4.69) is 24.3 Å². The molecule has 0 radical (unpaired) electrons. The van der Waals surface area contributed by atoms with Crippen LogP contribution in [0.5, 0.6) is 0 Å². The second-order valence-corrected chi connectivity index (χ2v) is 6.77. The van der Waals surface area contributed by atoms with Crippen molar-refractivity contribution in [2.45, 2.75) is 0 Å². The molecular weight excluding hydrogens is 332 g/mol. The third-order valence-corrected chi connectivity index (χ3v) is 4.96. The van der Waals surface area contributed by atoms with Crippen molar-refractivity contribution in [3.05, 3.63) is 84.9 Å². The molecule has 0 amide bonds. The van der Waals surface area contributed by atoms with Gasteiger partial charge < -0.3 is 15.9 Å². The first-order valence-electron chi connectivity index (χ1n) is 8.85. The summed E-state index contributed by atoms with van der Waals surface area (Å²) in [5.41, 5.74) is 19.5. The second-order valence-electron chi connectivity index (χ2n) is 6.77. The van der Waals surface area contributed by atoms with Crippen LogP contribution in [0.1, 0.15) is 0 Å². The lowest BCUT2D eigenvalue weighted by Crippen LogP contribution is -1.84. The fourth-order valence-electron chi connectivity index (χ4n) is 3.49. The zero-order valence-corrected chi connectivity index (χ0v) is 14.6. The van der Waals surface area contributed by atoms with Gasteiger partial charge in [-0.2, -0.15) is 0 Å². The molecule has 1 aromatic heterocycles. The molecule has 0 aliphatic heterocycles. The summed E-state index contributed by atoms with van der Waals surface area (Å²) in [6.07, 6.45) is 0. The first kappa shape index (κ1) is 15.5. The maximum absolute atomic E-state index is 6.03. The minimum Gasteiger partial charge on any atom is -0.456 e. The number of furan rings is 1. The van der Waals surface area contributed by atoms with Gasteiger partial charge in [0.05, 0.1) is 0 Å². The Morgan fingerprint density at radius 3 is 1.22 bits per heavy atom. The fourth-order valence-corrected chi connectivity index (χ4v) is 3.49. The predicted octanol–water partition coefficient (Wildman–Crippen LogP) is 6.08. The molecule has 1 heterocycles. The summed E-state index contributed by atoms with van der Waals surface area (Å²) in [7, 11) is 0. The highest BCUT2D eigenvalue weighted by atomic mass is 16.3. The van der Waals surface area contributed by atoms with Crippen LogP contribution in [0.25, 0.3) is 44.2 Å². The average Bonchev–Trinajstić information content (AvgIpc) is 3.06. The number of hydrogen-bond acceptors (Lipinski definition) is 3. The van der Waals surface area contributed by atoms with Crippen LogP contribution in [-0.4, -0.2) is 0 Å². The van der Waals surface area contributed by atoms with Gasteiger partial charge in [-0.25, -0.2) is 0 Å². The van der Waals surface area contributed by atoms with Gasteiger partial charge >= 0.3 is 0 Å². The minimum absolute atomic E-state index is 0.765.